The topological polar surface area (TPSA) is 57.5 Å². The van der Waals surface area contributed by atoms with Crippen molar-refractivity contribution in [3.05, 3.63) is 65.2 Å². The van der Waals surface area contributed by atoms with Crippen molar-refractivity contribution < 1.29 is 15.0 Å². The van der Waals surface area contributed by atoms with E-state index in [0.29, 0.717) is 5.56 Å². The van der Waals surface area contributed by atoms with Crippen LogP contribution in [-0.2, 0) is 0 Å². The van der Waals surface area contributed by atoms with E-state index >= 15 is 0 Å². The lowest BCUT2D eigenvalue weighted by Gasteiger charge is -2.17. The molecule has 3 nitrogen and oxygen atoms in total. The van der Waals surface area contributed by atoms with Crippen molar-refractivity contribution in [2.24, 2.45) is 0 Å². The van der Waals surface area contributed by atoms with Crippen molar-refractivity contribution >= 4 is 5.97 Å². The fourth-order valence-corrected chi connectivity index (χ4v) is 2.29. The van der Waals surface area contributed by atoms with Crippen LogP contribution in [0.1, 0.15) is 54.6 Å². The normalized spacial score (nSPS) is 11.2. The van der Waals surface area contributed by atoms with Gasteiger partial charge < -0.3 is 10.2 Å². The van der Waals surface area contributed by atoms with Crippen molar-refractivity contribution in [2.75, 3.05) is 0 Å². The lowest BCUT2D eigenvalue weighted by Crippen LogP contribution is -2.03. The Balaban J connectivity index is 0.00000106. The molecule has 0 fully saturated rings. The molecule has 2 aromatic carbocycles. The number of phenols is 1. The molecule has 1 unspecified atom stereocenters. The average Bonchev–Trinajstić information content (AvgIpc) is 2.52. The Kier molecular flexibility index (Phi) is 6.47. The monoisotopic (exact) mass is 286 g/mol. The summed E-state index contributed by atoms with van der Waals surface area (Å²) in [4.78, 5) is 11.0. The number of aromatic hydroxyl groups is 1. The van der Waals surface area contributed by atoms with E-state index in [4.69, 9.17) is 5.11 Å². The molecule has 0 spiro atoms. The van der Waals surface area contributed by atoms with Crippen LogP contribution >= 0.6 is 0 Å². The summed E-state index contributed by atoms with van der Waals surface area (Å²) in [6.45, 7) is 6.02. The zero-order valence-corrected chi connectivity index (χ0v) is 12.7. The van der Waals surface area contributed by atoms with E-state index in [2.05, 4.69) is 0 Å². The number of carboxylic acids is 1. The first-order valence-electron chi connectivity index (χ1n) is 7.24. The second kappa shape index (κ2) is 8.10. The maximum Gasteiger partial charge on any atom is 0.335 e. The van der Waals surface area contributed by atoms with E-state index in [0.717, 1.165) is 12.0 Å². The summed E-state index contributed by atoms with van der Waals surface area (Å²) in [7, 11) is 0. The summed E-state index contributed by atoms with van der Waals surface area (Å²) in [5, 5.41) is 19.0. The summed E-state index contributed by atoms with van der Waals surface area (Å²) in [6.07, 6.45) is 0.792. The molecule has 0 bridgehead atoms. The molecular formula is C18H22O3. The van der Waals surface area contributed by atoms with Crippen LogP contribution in [0.25, 0.3) is 0 Å². The molecule has 0 aliphatic rings. The van der Waals surface area contributed by atoms with Gasteiger partial charge in [0.15, 0.2) is 0 Å². The highest BCUT2D eigenvalue weighted by Gasteiger charge is 2.17. The SMILES string of the molecule is CC.CCC(c1ccccc1)c1cc(C(=O)O)ccc1O. The molecule has 2 aromatic rings. The largest absolute Gasteiger partial charge is 0.508 e. The predicted molar refractivity (Wildman–Crippen MR) is 85.0 cm³/mol. The van der Waals surface area contributed by atoms with Crippen LogP contribution in [0.2, 0.25) is 0 Å². The Morgan fingerprint density at radius 1 is 1.10 bits per heavy atom. The number of benzene rings is 2. The van der Waals surface area contributed by atoms with Gasteiger partial charge >= 0.3 is 5.97 Å². The fraction of sp³-hybridized carbons (Fsp3) is 0.278. The molecule has 112 valence electrons. The number of carbonyl (C=O) groups is 1. The summed E-state index contributed by atoms with van der Waals surface area (Å²) in [6, 6.07) is 14.2. The van der Waals surface area contributed by atoms with E-state index in [1.165, 1.54) is 12.1 Å². The lowest BCUT2D eigenvalue weighted by molar-refractivity contribution is 0.0696. The summed E-state index contributed by atoms with van der Waals surface area (Å²) >= 11 is 0. The Hall–Kier alpha value is -2.29. The van der Waals surface area contributed by atoms with Gasteiger partial charge in [0.2, 0.25) is 0 Å². The van der Waals surface area contributed by atoms with E-state index < -0.39 is 5.97 Å². The Bertz CT molecular complexity index is 576. The Morgan fingerprint density at radius 2 is 1.71 bits per heavy atom. The van der Waals surface area contributed by atoms with Crippen molar-refractivity contribution in [2.45, 2.75) is 33.1 Å². The molecule has 3 heteroatoms. The first-order chi connectivity index (χ1) is 10.1. The van der Waals surface area contributed by atoms with Gasteiger partial charge in [-0.3, -0.25) is 0 Å². The molecule has 0 radical (unpaired) electrons. The fourth-order valence-electron chi connectivity index (χ4n) is 2.29. The van der Waals surface area contributed by atoms with Crippen LogP contribution < -0.4 is 0 Å². The standard InChI is InChI=1S/C16H16O3.C2H6/c1-2-13(11-6-4-3-5-7-11)14-10-12(16(18)19)8-9-15(14)17;1-2/h3-10,13,17H,2H2,1H3,(H,18,19);1-2H3. The van der Waals surface area contributed by atoms with Gasteiger partial charge in [0.1, 0.15) is 5.75 Å². The quantitative estimate of drug-likeness (QED) is 0.859. The average molecular weight is 286 g/mol. The maximum atomic E-state index is 11.0. The summed E-state index contributed by atoms with van der Waals surface area (Å²) in [5.74, 6) is -0.842. The van der Waals surface area contributed by atoms with Crippen LogP contribution in [0.4, 0.5) is 0 Å². The highest BCUT2D eigenvalue weighted by molar-refractivity contribution is 5.88. The molecule has 2 N–H and O–H groups in total. The number of rotatable bonds is 4. The number of carboxylic acid groups (broad SMARTS) is 1. The minimum atomic E-state index is -0.982. The van der Waals surface area contributed by atoms with Crippen molar-refractivity contribution in [3.8, 4) is 5.75 Å². The smallest absolute Gasteiger partial charge is 0.335 e. The summed E-state index contributed by atoms with van der Waals surface area (Å²) in [5.41, 5.74) is 1.93. The minimum Gasteiger partial charge on any atom is -0.508 e. The molecule has 0 saturated heterocycles. The third kappa shape index (κ3) is 4.09. The maximum absolute atomic E-state index is 11.0. The highest BCUT2D eigenvalue weighted by atomic mass is 16.4. The van der Waals surface area contributed by atoms with Gasteiger partial charge in [-0.2, -0.15) is 0 Å². The first-order valence-corrected chi connectivity index (χ1v) is 7.24. The van der Waals surface area contributed by atoms with Gasteiger partial charge in [-0.1, -0.05) is 51.1 Å². The molecule has 0 aromatic heterocycles. The second-order valence-electron chi connectivity index (χ2n) is 4.45. The molecule has 0 amide bonds. The number of phenolic OH excluding ortho intramolecular Hbond substituents is 1. The van der Waals surface area contributed by atoms with Gasteiger partial charge in [0.25, 0.3) is 0 Å². The number of hydrogen-bond acceptors (Lipinski definition) is 2. The molecule has 0 heterocycles. The van der Waals surface area contributed by atoms with Crippen LogP contribution in [-0.4, -0.2) is 16.2 Å². The molecule has 0 aliphatic heterocycles. The van der Waals surface area contributed by atoms with E-state index in [9.17, 15) is 9.90 Å². The van der Waals surface area contributed by atoms with Crippen LogP contribution in [0.5, 0.6) is 5.75 Å². The molecule has 21 heavy (non-hydrogen) atoms. The van der Waals surface area contributed by atoms with Gasteiger partial charge in [-0.15, -0.1) is 0 Å². The van der Waals surface area contributed by atoms with Gasteiger partial charge in [-0.05, 0) is 30.2 Å². The number of aromatic carboxylic acids is 1. The van der Waals surface area contributed by atoms with Gasteiger partial charge in [-0.25, -0.2) is 4.79 Å². The van der Waals surface area contributed by atoms with E-state index in [1.807, 2.05) is 51.1 Å². The highest BCUT2D eigenvalue weighted by Crippen LogP contribution is 2.34. The molecule has 0 aliphatic carbocycles. The molecule has 2 rings (SSSR count). The van der Waals surface area contributed by atoms with Gasteiger partial charge in [0.05, 0.1) is 5.56 Å². The van der Waals surface area contributed by atoms with Crippen LogP contribution in [0.3, 0.4) is 0 Å². The van der Waals surface area contributed by atoms with Gasteiger partial charge in [0, 0.05) is 11.5 Å². The van der Waals surface area contributed by atoms with Crippen molar-refractivity contribution in [1.29, 1.82) is 0 Å². The minimum absolute atomic E-state index is 0.000463. The van der Waals surface area contributed by atoms with Crippen LogP contribution in [0.15, 0.2) is 48.5 Å². The zero-order valence-electron chi connectivity index (χ0n) is 12.7. The Labute approximate surface area is 125 Å². The third-order valence-corrected chi connectivity index (χ3v) is 3.26. The molecule has 1 atom stereocenters. The van der Waals surface area contributed by atoms with Crippen LogP contribution in [0, 0.1) is 0 Å². The first kappa shape index (κ1) is 16.8. The van der Waals surface area contributed by atoms with E-state index in [1.54, 1.807) is 6.07 Å². The molecule has 0 saturated carbocycles. The van der Waals surface area contributed by atoms with E-state index in [-0.39, 0.29) is 17.2 Å². The Morgan fingerprint density at radius 3 is 2.24 bits per heavy atom. The second-order valence-corrected chi connectivity index (χ2v) is 4.45. The lowest BCUT2D eigenvalue weighted by atomic mass is 9.87. The predicted octanol–water partition coefficient (Wildman–Crippen LogP) is 4.66. The number of hydrogen-bond donors (Lipinski definition) is 2. The van der Waals surface area contributed by atoms with Crippen molar-refractivity contribution in [3.63, 3.8) is 0 Å². The molecular weight excluding hydrogens is 264 g/mol. The third-order valence-electron chi connectivity index (χ3n) is 3.26. The van der Waals surface area contributed by atoms with Crippen molar-refractivity contribution in [1.82, 2.24) is 0 Å². The zero-order chi connectivity index (χ0) is 15.8. The summed E-state index contributed by atoms with van der Waals surface area (Å²) < 4.78 is 0.